The Morgan fingerprint density at radius 3 is 2.67 bits per heavy atom. The van der Waals surface area contributed by atoms with Crippen LogP contribution < -0.4 is 5.32 Å². The van der Waals surface area contributed by atoms with Crippen molar-refractivity contribution in [1.82, 2.24) is 9.88 Å². The number of methoxy groups -OCH3 is 1. The standard InChI is InChI=1S/C18H25N3O3/c1-12-15(18(23)24-2)7-8-16(19-12)20-14-9-10-21(11-14)17(22)13-5-3-4-6-13/h7-8,13-14H,3-6,9-11H2,1-2H3,(H,19,20). The summed E-state index contributed by atoms with van der Waals surface area (Å²) in [7, 11) is 1.36. The lowest BCUT2D eigenvalue weighted by Crippen LogP contribution is -2.35. The van der Waals surface area contributed by atoms with Gasteiger partial charge >= 0.3 is 5.97 Å². The van der Waals surface area contributed by atoms with Gasteiger partial charge in [-0.05, 0) is 38.3 Å². The van der Waals surface area contributed by atoms with Crippen molar-refractivity contribution in [1.29, 1.82) is 0 Å². The van der Waals surface area contributed by atoms with Gasteiger partial charge in [0.1, 0.15) is 5.82 Å². The highest BCUT2D eigenvalue weighted by atomic mass is 16.5. The lowest BCUT2D eigenvalue weighted by molar-refractivity contribution is -0.134. The first-order valence-electron chi connectivity index (χ1n) is 8.69. The molecule has 130 valence electrons. The van der Waals surface area contributed by atoms with E-state index in [1.165, 1.54) is 20.0 Å². The van der Waals surface area contributed by atoms with Crippen molar-refractivity contribution in [3.8, 4) is 0 Å². The van der Waals surface area contributed by atoms with Crippen molar-refractivity contribution in [3.05, 3.63) is 23.4 Å². The number of carbonyl (C=O) groups excluding carboxylic acids is 2. The van der Waals surface area contributed by atoms with E-state index in [0.29, 0.717) is 17.2 Å². The number of anilines is 1. The van der Waals surface area contributed by atoms with E-state index in [1.807, 2.05) is 4.90 Å². The monoisotopic (exact) mass is 331 g/mol. The first kappa shape index (κ1) is 16.7. The second-order valence-electron chi connectivity index (χ2n) is 6.72. The Morgan fingerprint density at radius 1 is 1.25 bits per heavy atom. The maximum Gasteiger partial charge on any atom is 0.339 e. The number of pyridine rings is 1. The van der Waals surface area contributed by atoms with E-state index < -0.39 is 0 Å². The Kier molecular flexibility index (Phi) is 5.02. The molecule has 0 spiro atoms. The van der Waals surface area contributed by atoms with E-state index in [9.17, 15) is 9.59 Å². The molecule has 0 bridgehead atoms. The van der Waals surface area contributed by atoms with Crippen LogP contribution in [-0.2, 0) is 9.53 Å². The number of ether oxygens (including phenoxy) is 1. The molecular weight excluding hydrogens is 306 g/mol. The Labute approximate surface area is 142 Å². The van der Waals surface area contributed by atoms with Crippen LogP contribution in [0.4, 0.5) is 5.82 Å². The maximum absolute atomic E-state index is 12.5. The molecule has 1 atom stereocenters. The molecule has 1 aliphatic carbocycles. The van der Waals surface area contributed by atoms with Gasteiger partial charge in [-0.3, -0.25) is 4.79 Å². The van der Waals surface area contributed by atoms with Crippen LogP contribution in [0.1, 0.15) is 48.2 Å². The minimum absolute atomic E-state index is 0.214. The Balaban J connectivity index is 1.58. The lowest BCUT2D eigenvalue weighted by atomic mass is 10.1. The van der Waals surface area contributed by atoms with Gasteiger partial charge in [-0.15, -0.1) is 0 Å². The number of nitrogens with one attached hydrogen (secondary N) is 1. The van der Waals surface area contributed by atoms with E-state index >= 15 is 0 Å². The second-order valence-corrected chi connectivity index (χ2v) is 6.72. The number of nitrogens with zero attached hydrogens (tertiary/aromatic N) is 2. The molecule has 1 aromatic heterocycles. The summed E-state index contributed by atoms with van der Waals surface area (Å²) in [5.74, 6) is 0.923. The smallest absolute Gasteiger partial charge is 0.339 e. The normalized spacial score (nSPS) is 21.1. The average molecular weight is 331 g/mol. The zero-order chi connectivity index (χ0) is 17.1. The Hall–Kier alpha value is -2.11. The van der Waals surface area contributed by atoms with Crippen LogP contribution in [0.25, 0.3) is 0 Å². The van der Waals surface area contributed by atoms with Crippen molar-refractivity contribution in [2.24, 2.45) is 5.92 Å². The molecule has 0 radical (unpaired) electrons. The number of likely N-dealkylation sites (tertiary alicyclic amines) is 1. The fourth-order valence-electron chi connectivity index (χ4n) is 3.69. The van der Waals surface area contributed by atoms with Crippen LogP contribution in [-0.4, -0.2) is 48.0 Å². The van der Waals surface area contributed by atoms with Crippen molar-refractivity contribution >= 4 is 17.7 Å². The van der Waals surface area contributed by atoms with Crippen LogP contribution in [0, 0.1) is 12.8 Å². The minimum atomic E-state index is -0.374. The van der Waals surface area contributed by atoms with Gasteiger partial charge in [0, 0.05) is 25.0 Å². The molecule has 1 N–H and O–H groups in total. The molecule has 1 aromatic rings. The van der Waals surface area contributed by atoms with Crippen LogP contribution in [0.15, 0.2) is 12.1 Å². The van der Waals surface area contributed by atoms with Crippen molar-refractivity contribution in [2.75, 3.05) is 25.5 Å². The SMILES string of the molecule is COC(=O)c1ccc(NC2CCN(C(=O)C3CCCC3)C2)nc1C. The van der Waals surface area contributed by atoms with Crippen LogP contribution >= 0.6 is 0 Å². The molecule has 1 unspecified atom stereocenters. The van der Waals surface area contributed by atoms with Crippen molar-refractivity contribution in [2.45, 2.75) is 45.1 Å². The highest BCUT2D eigenvalue weighted by Crippen LogP contribution is 2.28. The number of carbonyl (C=O) groups is 2. The highest BCUT2D eigenvalue weighted by molar-refractivity contribution is 5.90. The van der Waals surface area contributed by atoms with E-state index in [2.05, 4.69) is 10.3 Å². The third-order valence-corrected chi connectivity index (χ3v) is 5.05. The molecule has 1 saturated carbocycles. The summed E-state index contributed by atoms with van der Waals surface area (Å²) >= 11 is 0. The number of esters is 1. The molecule has 1 aliphatic heterocycles. The third kappa shape index (κ3) is 3.52. The van der Waals surface area contributed by atoms with Crippen molar-refractivity contribution in [3.63, 3.8) is 0 Å². The van der Waals surface area contributed by atoms with Crippen molar-refractivity contribution < 1.29 is 14.3 Å². The predicted octanol–water partition coefficient (Wildman–Crippen LogP) is 2.38. The van der Waals surface area contributed by atoms with Crippen LogP contribution in [0.2, 0.25) is 0 Å². The first-order chi connectivity index (χ1) is 11.6. The van der Waals surface area contributed by atoms with Crippen LogP contribution in [0.3, 0.4) is 0 Å². The van der Waals surface area contributed by atoms with E-state index in [-0.39, 0.29) is 17.9 Å². The van der Waals surface area contributed by atoms with E-state index in [4.69, 9.17) is 4.74 Å². The molecule has 3 rings (SSSR count). The number of amides is 1. The number of aryl methyl sites for hydroxylation is 1. The van der Waals surface area contributed by atoms with Crippen LogP contribution in [0.5, 0.6) is 0 Å². The van der Waals surface area contributed by atoms with Gasteiger partial charge in [-0.1, -0.05) is 12.8 Å². The molecule has 6 heteroatoms. The molecule has 0 aromatic carbocycles. The molecule has 1 amide bonds. The zero-order valence-electron chi connectivity index (χ0n) is 14.4. The van der Waals surface area contributed by atoms with Gasteiger partial charge in [0.2, 0.25) is 5.91 Å². The van der Waals surface area contributed by atoms with Gasteiger partial charge in [0.25, 0.3) is 0 Å². The maximum atomic E-state index is 12.5. The molecule has 2 aliphatic rings. The molecule has 1 saturated heterocycles. The summed E-state index contributed by atoms with van der Waals surface area (Å²) in [6.07, 6.45) is 5.38. The predicted molar refractivity (Wildman–Crippen MR) is 90.9 cm³/mol. The van der Waals surface area contributed by atoms with Gasteiger partial charge in [-0.2, -0.15) is 0 Å². The lowest BCUT2D eigenvalue weighted by Gasteiger charge is -2.21. The number of rotatable bonds is 4. The number of hydrogen-bond donors (Lipinski definition) is 1. The first-order valence-corrected chi connectivity index (χ1v) is 8.69. The average Bonchev–Trinajstić information content (AvgIpc) is 3.25. The van der Waals surface area contributed by atoms with E-state index in [0.717, 1.165) is 38.2 Å². The summed E-state index contributed by atoms with van der Waals surface area (Å²) in [5, 5.41) is 3.38. The molecule has 2 heterocycles. The molecule has 2 fully saturated rings. The number of aromatic nitrogens is 1. The second kappa shape index (κ2) is 7.20. The highest BCUT2D eigenvalue weighted by Gasteiger charge is 2.32. The van der Waals surface area contributed by atoms with Gasteiger partial charge in [-0.25, -0.2) is 9.78 Å². The fourth-order valence-corrected chi connectivity index (χ4v) is 3.69. The zero-order valence-corrected chi connectivity index (χ0v) is 14.4. The Bertz CT molecular complexity index is 626. The minimum Gasteiger partial charge on any atom is -0.465 e. The molecule has 24 heavy (non-hydrogen) atoms. The Morgan fingerprint density at radius 2 is 2.00 bits per heavy atom. The van der Waals surface area contributed by atoms with E-state index in [1.54, 1.807) is 19.1 Å². The van der Waals surface area contributed by atoms with Gasteiger partial charge in [0.15, 0.2) is 0 Å². The summed E-state index contributed by atoms with van der Waals surface area (Å²) < 4.78 is 4.74. The quantitative estimate of drug-likeness (QED) is 0.858. The summed E-state index contributed by atoms with van der Waals surface area (Å²) in [6.45, 7) is 3.34. The molecule has 6 nitrogen and oxygen atoms in total. The van der Waals surface area contributed by atoms with Gasteiger partial charge < -0.3 is 15.0 Å². The summed E-state index contributed by atoms with van der Waals surface area (Å²) in [6, 6.07) is 3.74. The third-order valence-electron chi connectivity index (χ3n) is 5.05. The summed E-state index contributed by atoms with van der Waals surface area (Å²) in [5.41, 5.74) is 1.12. The molecular formula is C18H25N3O3. The number of hydrogen-bond acceptors (Lipinski definition) is 5. The fraction of sp³-hybridized carbons (Fsp3) is 0.611. The van der Waals surface area contributed by atoms with Gasteiger partial charge in [0.05, 0.1) is 18.4 Å². The largest absolute Gasteiger partial charge is 0.465 e. The summed E-state index contributed by atoms with van der Waals surface area (Å²) in [4.78, 5) is 30.5. The topological polar surface area (TPSA) is 71.5 Å².